The number of alkyl halides is 8. The normalized spacial score (nSPS) is 14.4. The first kappa shape index (κ1) is 9.31. The van der Waals surface area contributed by atoms with Crippen molar-refractivity contribution >= 4 is 0 Å². The molecule has 0 radical (unpaired) electrons. The molecule has 0 nitrogen and oxygen atoms in total. The zero-order chi connectivity index (χ0) is 7.71. The van der Waals surface area contributed by atoms with E-state index in [1.54, 1.807) is 0 Å². The zero-order valence-electron chi connectivity index (χ0n) is 3.65. The fourth-order valence-electron chi connectivity index (χ4n) is 0.121. The molecule has 0 N–H and O–H groups in total. The van der Waals surface area contributed by atoms with Crippen LogP contribution in [0.15, 0.2) is 0 Å². The quantitative estimate of drug-likeness (QED) is 0.303. The predicted octanol–water partition coefficient (Wildman–Crippen LogP) is -0.885. The monoisotopic (exact) mass is 265 g/mol. The van der Waals surface area contributed by atoms with Gasteiger partial charge in [-0.05, 0) is 0 Å². The number of hydrogen-bond donors (Lipinski definition) is 0. The first-order valence-electron chi connectivity index (χ1n) is 1.51. The topological polar surface area (TPSA) is 0 Å². The van der Waals surface area contributed by atoms with Crippen molar-refractivity contribution in [2.75, 3.05) is 0 Å². The Morgan fingerprint density at radius 2 is 0.889 bits per heavy atom. The molecule has 9 heavy (non-hydrogen) atoms. The van der Waals surface area contributed by atoms with Crippen molar-refractivity contribution in [3.8, 4) is 0 Å². The van der Waals surface area contributed by atoms with E-state index in [1.165, 1.54) is 0 Å². The van der Waals surface area contributed by atoms with Crippen LogP contribution in [0.2, 0.25) is 0 Å². The summed E-state index contributed by atoms with van der Waals surface area (Å²) in [6.07, 6.45) is 0. The average molecular weight is 265 g/mol. The second-order valence-corrected chi connectivity index (χ2v) is 3.94. The van der Waals surface area contributed by atoms with Crippen LogP contribution in [0.5, 0.6) is 0 Å². The Hall–Kier alpha value is 0.310. The van der Waals surface area contributed by atoms with E-state index in [2.05, 4.69) is 0 Å². The van der Waals surface area contributed by atoms with Gasteiger partial charge < -0.3 is 0 Å². The van der Waals surface area contributed by atoms with Crippen LogP contribution in [0.1, 0.15) is 0 Å². The van der Waals surface area contributed by atoms with Crippen LogP contribution >= 0.6 is 0 Å². The van der Waals surface area contributed by atoms with Crippen LogP contribution in [-0.2, 0) is 0 Å². The van der Waals surface area contributed by atoms with Crippen molar-refractivity contribution in [2.24, 2.45) is 0 Å². The van der Waals surface area contributed by atoms with E-state index in [4.69, 9.17) is 0 Å². The van der Waals surface area contributed by atoms with Crippen molar-refractivity contribution in [1.29, 1.82) is 0 Å². The van der Waals surface area contributed by atoms with E-state index >= 15 is 0 Å². The molecule has 0 rings (SSSR count). The molecule has 0 amide bonds. The maximum absolute atomic E-state index is 10.9. The Morgan fingerprint density at radius 1 is 0.667 bits per heavy atom. The Balaban J connectivity index is 3.75. The standard InChI is InChI=1S/C2F6I/c3-1(4,5)9-2(6,7)8/q-1. The molecule has 0 fully saturated rings. The second kappa shape index (κ2) is 2.51. The van der Waals surface area contributed by atoms with Gasteiger partial charge in [0, 0.05) is 0 Å². The first-order valence-corrected chi connectivity index (χ1v) is 3.67. The van der Waals surface area contributed by atoms with Crippen molar-refractivity contribution in [2.45, 2.75) is 8.37 Å². The summed E-state index contributed by atoms with van der Waals surface area (Å²) in [7, 11) is 0. The average Bonchev–Trinajstić information content (AvgIpc) is 1.14. The van der Waals surface area contributed by atoms with Crippen LogP contribution in [0.25, 0.3) is 0 Å². The summed E-state index contributed by atoms with van der Waals surface area (Å²) in [5, 5.41) is 0. The Kier molecular flexibility index (Phi) is 2.59. The minimum atomic E-state index is -5.03. The molecule has 0 saturated carbocycles. The van der Waals surface area contributed by atoms with Gasteiger partial charge in [0.25, 0.3) is 0 Å². The summed E-state index contributed by atoms with van der Waals surface area (Å²) in [5.41, 5.74) is 0. The third-order valence-corrected chi connectivity index (χ3v) is 1.44. The van der Waals surface area contributed by atoms with Gasteiger partial charge in [0.1, 0.15) is 0 Å². The molecule has 0 unspecified atom stereocenters. The fourth-order valence-corrected chi connectivity index (χ4v) is 0.815. The molecule has 0 aliphatic heterocycles. The number of rotatable bonds is 0. The summed E-state index contributed by atoms with van der Waals surface area (Å²) in [5.74, 6) is 0. The van der Waals surface area contributed by atoms with E-state index in [-0.39, 0.29) is 0 Å². The van der Waals surface area contributed by atoms with Gasteiger partial charge in [-0.15, -0.1) is 0 Å². The molecule has 0 aromatic heterocycles. The van der Waals surface area contributed by atoms with Crippen molar-refractivity contribution in [3.05, 3.63) is 0 Å². The molecule has 0 aliphatic carbocycles. The molecule has 0 aromatic carbocycles. The van der Waals surface area contributed by atoms with Gasteiger partial charge in [0.2, 0.25) is 0 Å². The Morgan fingerprint density at radius 3 is 0.889 bits per heavy atom. The third kappa shape index (κ3) is 8.31. The summed E-state index contributed by atoms with van der Waals surface area (Å²) in [6.45, 7) is 0. The van der Waals surface area contributed by atoms with E-state index in [1.807, 2.05) is 0 Å². The van der Waals surface area contributed by atoms with Gasteiger partial charge in [-0.2, -0.15) is 0 Å². The fraction of sp³-hybridized carbons (Fsp3) is 1.00. The molecular formula is C2F6I-. The van der Waals surface area contributed by atoms with Gasteiger partial charge in [-0.3, -0.25) is 0 Å². The summed E-state index contributed by atoms with van der Waals surface area (Å²) >= 11 is -3.66. The number of hydrogen-bond acceptors (Lipinski definition) is 0. The molecule has 58 valence electrons. The molecule has 0 aliphatic rings. The molecule has 0 saturated heterocycles. The zero-order valence-corrected chi connectivity index (χ0v) is 5.80. The van der Waals surface area contributed by atoms with Crippen LogP contribution in [0, 0.1) is 0 Å². The van der Waals surface area contributed by atoms with E-state index < -0.39 is 29.6 Å². The maximum atomic E-state index is 10.9. The number of halogens is 7. The third-order valence-electron chi connectivity index (χ3n) is 0.214. The summed E-state index contributed by atoms with van der Waals surface area (Å²) < 4.78 is 55.2. The molecular weight excluding hydrogens is 265 g/mol. The molecule has 0 spiro atoms. The molecule has 0 heterocycles. The van der Waals surface area contributed by atoms with Crippen LogP contribution < -0.4 is 21.2 Å². The molecule has 7 heteroatoms. The van der Waals surface area contributed by atoms with Crippen molar-refractivity contribution < 1.29 is 47.5 Å². The molecule has 0 atom stereocenters. The van der Waals surface area contributed by atoms with Crippen LogP contribution in [0.3, 0.4) is 0 Å². The minimum absolute atomic E-state index is 3.66. The van der Waals surface area contributed by atoms with Crippen LogP contribution in [-0.4, -0.2) is 8.37 Å². The molecule has 0 bridgehead atoms. The van der Waals surface area contributed by atoms with Gasteiger partial charge >= 0.3 is 55.9 Å². The Bertz CT molecular complexity index is 76.2. The van der Waals surface area contributed by atoms with E-state index in [0.717, 1.165) is 0 Å². The first-order chi connectivity index (χ1) is 3.71. The van der Waals surface area contributed by atoms with Crippen molar-refractivity contribution in [1.82, 2.24) is 0 Å². The van der Waals surface area contributed by atoms with E-state index in [9.17, 15) is 26.3 Å². The van der Waals surface area contributed by atoms with Gasteiger partial charge in [-0.25, -0.2) is 0 Å². The van der Waals surface area contributed by atoms with Gasteiger partial charge in [0.05, 0.1) is 0 Å². The SMILES string of the molecule is FC(F)(F)[I-]C(F)(F)F. The summed E-state index contributed by atoms with van der Waals surface area (Å²) in [6, 6.07) is 0. The summed E-state index contributed by atoms with van der Waals surface area (Å²) in [4.78, 5) is 0. The van der Waals surface area contributed by atoms with Crippen LogP contribution in [0.4, 0.5) is 26.3 Å². The Labute approximate surface area is 56.5 Å². The van der Waals surface area contributed by atoms with E-state index in [0.29, 0.717) is 0 Å². The predicted molar refractivity (Wildman–Crippen MR) is 12.1 cm³/mol. The van der Waals surface area contributed by atoms with Gasteiger partial charge in [-0.1, -0.05) is 0 Å². The van der Waals surface area contributed by atoms with Crippen molar-refractivity contribution in [3.63, 3.8) is 0 Å². The second-order valence-electron chi connectivity index (χ2n) is 0.952. The molecule has 0 aromatic rings. The van der Waals surface area contributed by atoms with Gasteiger partial charge in [0.15, 0.2) is 0 Å².